The minimum absolute atomic E-state index is 0.118. The van der Waals surface area contributed by atoms with Gasteiger partial charge in [-0.2, -0.15) is 5.10 Å². The number of amides is 1. The molecule has 3 heteroatoms. The Bertz CT molecular complexity index is 462. The van der Waals surface area contributed by atoms with Crippen molar-refractivity contribution >= 4 is 11.6 Å². The Hall–Kier alpha value is -1.64. The van der Waals surface area contributed by atoms with Crippen LogP contribution in [0, 0.1) is 5.92 Å². The Morgan fingerprint density at radius 2 is 2.05 bits per heavy atom. The first-order chi connectivity index (χ1) is 9.20. The van der Waals surface area contributed by atoms with E-state index in [-0.39, 0.29) is 5.91 Å². The standard InChI is InChI=1S/C16H22N2O/c1-3-13-8-10-14(11-9-13)16(19)18-17-15-7-5-4-6-12(15)2/h8-12H,3-7H2,1-2H3,(H,18,19)/b17-15-/t12-/m0/s1. The van der Waals surface area contributed by atoms with Crippen LogP contribution in [0.5, 0.6) is 0 Å². The van der Waals surface area contributed by atoms with E-state index in [2.05, 4.69) is 24.4 Å². The van der Waals surface area contributed by atoms with Gasteiger partial charge in [0.25, 0.3) is 5.91 Å². The van der Waals surface area contributed by atoms with Gasteiger partial charge < -0.3 is 0 Å². The summed E-state index contributed by atoms with van der Waals surface area (Å²) in [5.74, 6) is 0.379. The fraction of sp³-hybridized carbons (Fsp3) is 0.500. The molecule has 1 saturated carbocycles. The third kappa shape index (κ3) is 3.66. The third-order valence-electron chi connectivity index (χ3n) is 3.81. The number of rotatable bonds is 3. The van der Waals surface area contributed by atoms with Crippen LogP contribution in [0.25, 0.3) is 0 Å². The molecule has 1 aliphatic rings. The van der Waals surface area contributed by atoms with Crippen molar-refractivity contribution in [3.63, 3.8) is 0 Å². The molecular weight excluding hydrogens is 236 g/mol. The van der Waals surface area contributed by atoms with Gasteiger partial charge in [0.15, 0.2) is 0 Å². The first kappa shape index (κ1) is 13.8. The summed E-state index contributed by atoms with van der Waals surface area (Å²) in [6, 6.07) is 7.70. The molecular formula is C16H22N2O. The number of carbonyl (C=O) groups excluding carboxylic acids is 1. The van der Waals surface area contributed by atoms with Gasteiger partial charge in [0.2, 0.25) is 0 Å². The van der Waals surface area contributed by atoms with Crippen molar-refractivity contribution in [2.45, 2.75) is 46.0 Å². The Kier molecular flexibility index (Phi) is 4.72. The number of aryl methyl sites for hydroxylation is 1. The largest absolute Gasteiger partial charge is 0.271 e. The van der Waals surface area contributed by atoms with Crippen molar-refractivity contribution in [3.8, 4) is 0 Å². The van der Waals surface area contributed by atoms with E-state index in [0.29, 0.717) is 11.5 Å². The second-order valence-corrected chi connectivity index (χ2v) is 5.24. The first-order valence-corrected chi connectivity index (χ1v) is 7.16. The molecule has 19 heavy (non-hydrogen) atoms. The molecule has 1 aromatic rings. The lowest BCUT2D eigenvalue weighted by Gasteiger charge is -2.19. The molecule has 0 aliphatic heterocycles. The Labute approximate surface area is 115 Å². The Balaban J connectivity index is 1.98. The van der Waals surface area contributed by atoms with Crippen molar-refractivity contribution in [1.82, 2.24) is 5.43 Å². The Morgan fingerprint density at radius 1 is 1.32 bits per heavy atom. The molecule has 1 fully saturated rings. The SMILES string of the molecule is CCc1ccc(C(=O)N/N=C2/CCCC[C@@H]2C)cc1. The smallest absolute Gasteiger partial charge is 0.267 e. The van der Waals surface area contributed by atoms with E-state index in [0.717, 1.165) is 18.6 Å². The molecule has 0 spiro atoms. The fourth-order valence-corrected chi connectivity index (χ4v) is 2.41. The summed E-state index contributed by atoms with van der Waals surface area (Å²) >= 11 is 0. The molecule has 0 aromatic heterocycles. The van der Waals surface area contributed by atoms with E-state index in [1.807, 2.05) is 24.3 Å². The molecule has 0 radical (unpaired) electrons. The van der Waals surface area contributed by atoms with Crippen LogP contribution in [0.4, 0.5) is 0 Å². The summed E-state index contributed by atoms with van der Waals surface area (Å²) < 4.78 is 0. The van der Waals surface area contributed by atoms with Gasteiger partial charge in [-0.3, -0.25) is 4.79 Å². The summed E-state index contributed by atoms with van der Waals surface area (Å²) in [6.45, 7) is 4.28. The van der Waals surface area contributed by atoms with Gasteiger partial charge in [-0.15, -0.1) is 0 Å². The molecule has 0 bridgehead atoms. The number of hydrogen-bond donors (Lipinski definition) is 1. The van der Waals surface area contributed by atoms with Gasteiger partial charge in [0, 0.05) is 11.3 Å². The van der Waals surface area contributed by atoms with Crippen LogP contribution in [0.2, 0.25) is 0 Å². The number of hydrazone groups is 1. The van der Waals surface area contributed by atoms with Crippen LogP contribution in [0.1, 0.15) is 55.5 Å². The molecule has 1 aromatic carbocycles. The number of hydrogen-bond acceptors (Lipinski definition) is 2. The average Bonchev–Trinajstić information content (AvgIpc) is 2.46. The topological polar surface area (TPSA) is 41.5 Å². The van der Waals surface area contributed by atoms with E-state index in [1.54, 1.807) is 0 Å². The van der Waals surface area contributed by atoms with E-state index in [9.17, 15) is 4.79 Å². The van der Waals surface area contributed by atoms with Gasteiger partial charge >= 0.3 is 0 Å². The zero-order valence-electron chi connectivity index (χ0n) is 11.8. The highest BCUT2D eigenvalue weighted by Gasteiger charge is 2.16. The van der Waals surface area contributed by atoms with Crippen molar-refractivity contribution < 1.29 is 4.79 Å². The van der Waals surface area contributed by atoms with Crippen LogP contribution in [-0.2, 0) is 6.42 Å². The minimum atomic E-state index is -0.118. The summed E-state index contributed by atoms with van der Waals surface area (Å²) in [7, 11) is 0. The monoisotopic (exact) mass is 258 g/mol. The van der Waals surface area contributed by atoms with Crippen molar-refractivity contribution in [2.24, 2.45) is 11.0 Å². The third-order valence-corrected chi connectivity index (χ3v) is 3.81. The fourth-order valence-electron chi connectivity index (χ4n) is 2.41. The molecule has 2 rings (SSSR count). The van der Waals surface area contributed by atoms with Gasteiger partial charge in [-0.05, 0) is 49.3 Å². The van der Waals surface area contributed by atoms with Gasteiger partial charge in [-0.1, -0.05) is 32.4 Å². The maximum atomic E-state index is 12.0. The van der Waals surface area contributed by atoms with E-state index >= 15 is 0 Å². The second kappa shape index (κ2) is 6.50. The van der Waals surface area contributed by atoms with Crippen molar-refractivity contribution in [2.75, 3.05) is 0 Å². The number of benzene rings is 1. The van der Waals surface area contributed by atoms with E-state index < -0.39 is 0 Å². The quantitative estimate of drug-likeness (QED) is 0.828. The highest BCUT2D eigenvalue weighted by molar-refractivity contribution is 5.95. The number of nitrogens with zero attached hydrogens (tertiary/aromatic N) is 1. The minimum Gasteiger partial charge on any atom is -0.267 e. The molecule has 102 valence electrons. The van der Waals surface area contributed by atoms with Gasteiger partial charge in [0.05, 0.1) is 0 Å². The highest BCUT2D eigenvalue weighted by Crippen LogP contribution is 2.20. The molecule has 1 atom stereocenters. The van der Waals surface area contributed by atoms with Gasteiger partial charge in [-0.25, -0.2) is 5.43 Å². The normalized spacial score (nSPS) is 21.4. The predicted octanol–water partition coefficient (Wildman–Crippen LogP) is 3.54. The maximum absolute atomic E-state index is 12.0. The lowest BCUT2D eigenvalue weighted by molar-refractivity contribution is 0.0954. The number of carbonyl (C=O) groups is 1. The van der Waals surface area contributed by atoms with E-state index in [1.165, 1.54) is 24.8 Å². The van der Waals surface area contributed by atoms with Crippen molar-refractivity contribution in [3.05, 3.63) is 35.4 Å². The average molecular weight is 258 g/mol. The molecule has 1 N–H and O–H groups in total. The van der Waals surface area contributed by atoms with Crippen molar-refractivity contribution in [1.29, 1.82) is 0 Å². The van der Waals surface area contributed by atoms with Crippen LogP contribution < -0.4 is 5.43 Å². The lowest BCUT2D eigenvalue weighted by Crippen LogP contribution is -2.24. The van der Waals surface area contributed by atoms with Crippen LogP contribution in [0.15, 0.2) is 29.4 Å². The summed E-state index contributed by atoms with van der Waals surface area (Å²) in [5, 5.41) is 4.30. The number of nitrogens with one attached hydrogen (secondary N) is 1. The van der Waals surface area contributed by atoms with E-state index in [4.69, 9.17) is 0 Å². The molecule has 1 aliphatic carbocycles. The van der Waals surface area contributed by atoms with Crippen LogP contribution in [-0.4, -0.2) is 11.6 Å². The molecule has 0 heterocycles. The summed E-state index contributed by atoms with van der Waals surface area (Å²) in [4.78, 5) is 12.0. The zero-order chi connectivity index (χ0) is 13.7. The summed E-state index contributed by atoms with van der Waals surface area (Å²) in [5.41, 5.74) is 5.73. The van der Waals surface area contributed by atoms with Crippen LogP contribution in [0.3, 0.4) is 0 Å². The molecule has 0 unspecified atom stereocenters. The van der Waals surface area contributed by atoms with Gasteiger partial charge in [0.1, 0.15) is 0 Å². The zero-order valence-corrected chi connectivity index (χ0v) is 11.8. The second-order valence-electron chi connectivity index (χ2n) is 5.24. The lowest BCUT2D eigenvalue weighted by atomic mass is 9.89. The first-order valence-electron chi connectivity index (χ1n) is 7.16. The molecule has 3 nitrogen and oxygen atoms in total. The Morgan fingerprint density at radius 3 is 2.68 bits per heavy atom. The predicted molar refractivity (Wildman–Crippen MR) is 78.4 cm³/mol. The molecule has 1 amide bonds. The highest BCUT2D eigenvalue weighted by atomic mass is 16.2. The molecule has 0 saturated heterocycles. The summed E-state index contributed by atoms with van der Waals surface area (Å²) in [6.07, 6.45) is 5.63. The maximum Gasteiger partial charge on any atom is 0.271 e. The van der Waals surface area contributed by atoms with Crippen LogP contribution >= 0.6 is 0 Å².